The Morgan fingerprint density at radius 3 is 2.78 bits per heavy atom. The maximum atomic E-state index is 10.2. The van der Waals surface area contributed by atoms with E-state index in [-0.39, 0.29) is 6.10 Å². The highest BCUT2D eigenvalue weighted by Gasteiger charge is 2.33. The topological polar surface area (TPSA) is 50.7 Å². The van der Waals surface area contributed by atoms with E-state index in [0.29, 0.717) is 12.0 Å². The third-order valence-electron chi connectivity index (χ3n) is 5.43. The number of rotatable bonds is 3. The largest absolute Gasteiger partial charge is 0.497 e. The van der Waals surface area contributed by atoms with E-state index in [0.717, 1.165) is 50.2 Å². The molecule has 0 spiro atoms. The lowest BCUT2D eigenvalue weighted by atomic mass is 9.80. The molecule has 1 saturated heterocycles. The normalized spacial score (nSPS) is 32.2. The molecular formula is C19H29NO3. The number of nitrogens with one attached hydrogen (secondary N) is 1. The molecule has 1 saturated carbocycles. The molecule has 0 aromatic carbocycles. The molecule has 3 aliphatic rings. The molecule has 3 unspecified atom stereocenters. The molecule has 2 aliphatic carbocycles. The van der Waals surface area contributed by atoms with Crippen molar-refractivity contribution in [3.05, 3.63) is 34.8 Å². The highest BCUT2D eigenvalue weighted by molar-refractivity contribution is 5.45. The number of hydrogen-bond donors (Lipinski definition) is 2. The molecule has 0 radical (unpaired) electrons. The van der Waals surface area contributed by atoms with Gasteiger partial charge in [-0.15, -0.1) is 0 Å². The van der Waals surface area contributed by atoms with Gasteiger partial charge in [-0.1, -0.05) is 18.9 Å². The highest BCUT2D eigenvalue weighted by atomic mass is 16.5. The van der Waals surface area contributed by atoms with Gasteiger partial charge in [0.05, 0.1) is 20.3 Å². The van der Waals surface area contributed by atoms with Gasteiger partial charge in [-0.2, -0.15) is 0 Å². The molecule has 0 aromatic rings. The van der Waals surface area contributed by atoms with Gasteiger partial charge < -0.3 is 19.9 Å². The average Bonchev–Trinajstić information content (AvgIpc) is 2.89. The van der Waals surface area contributed by atoms with Crippen molar-refractivity contribution in [3.63, 3.8) is 0 Å². The van der Waals surface area contributed by atoms with E-state index >= 15 is 0 Å². The second-order valence-electron chi connectivity index (χ2n) is 6.84. The Labute approximate surface area is 139 Å². The predicted molar refractivity (Wildman–Crippen MR) is 90.8 cm³/mol. The summed E-state index contributed by atoms with van der Waals surface area (Å²) in [6.07, 6.45) is 11.5. The molecule has 0 aromatic heterocycles. The van der Waals surface area contributed by atoms with Gasteiger partial charge in [0.1, 0.15) is 5.76 Å². The van der Waals surface area contributed by atoms with Crippen LogP contribution in [0.25, 0.3) is 0 Å². The van der Waals surface area contributed by atoms with Crippen molar-refractivity contribution >= 4 is 0 Å². The van der Waals surface area contributed by atoms with E-state index in [2.05, 4.69) is 17.5 Å². The second kappa shape index (κ2) is 7.54. The van der Waals surface area contributed by atoms with E-state index in [4.69, 9.17) is 9.47 Å². The van der Waals surface area contributed by atoms with E-state index < -0.39 is 0 Å². The van der Waals surface area contributed by atoms with Gasteiger partial charge in [0.15, 0.2) is 5.76 Å². The Bertz CT molecular complexity index is 521. The van der Waals surface area contributed by atoms with Crippen molar-refractivity contribution in [1.82, 2.24) is 5.32 Å². The molecular weight excluding hydrogens is 290 g/mol. The first-order valence-electron chi connectivity index (χ1n) is 8.86. The van der Waals surface area contributed by atoms with Crippen LogP contribution in [0, 0.1) is 5.92 Å². The zero-order valence-corrected chi connectivity index (χ0v) is 14.3. The molecule has 2 N–H and O–H groups in total. The van der Waals surface area contributed by atoms with Gasteiger partial charge in [0.2, 0.25) is 0 Å². The fourth-order valence-corrected chi connectivity index (χ4v) is 4.22. The third-order valence-corrected chi connectivity index (χ3v) is 5.43. The van der Waals surface area contributed by atoms with Gasteiger partial charge >= 0.3 is 0 Å². The van der Waals surface area contributed by atoms with Crippen LogP contribution in [0.4, 0.5) is 0 Å². The van der Waals surface area contributed by atoms with Crippen molar-refractivity contribution in [2.75, 3.05) is 20.8 Å². The summed E-state index contributed by atoms with van der Waals surface area (Å²) in [7, 11) is 3.41. The second-order valence-corrected chi connectivity index (χ2v) is 6.84. The predicted octanol–water partition coefficient (Wildman–Crippen LogP) is 3.05. The first kappa shape index (κ1) is 16.6. The van der Waals surface area contributed by atoms with E-state index in [1.807, 2.05) is 0 Å². The standard InChI is InChI=1S/C19H29NO3/c1-22-17-8-7-16-13(12-18(17)23-2)9-10-20-19(16)14-5-3-4-6-15(21)11-14/h7,12,14-15,19-21H,3-6,8-11H2,1-2H3. The van der Waals surface area contributed by atoms with Crippen LogP contribution in [0.3, 0.4) is 0 Å². The smallest absolute Gasteiger partial charge is 0.157 e. The van der Waals surface area contributed by atoms with E-state index in [1.54, 1.807) is 14.2 Å². The fraction of sp³-hybridized carbons (Fsp3) is 0.684. The number of hydrogen-bond acceptors (Lipinski definition) is 4. The van der Waals surface area contributed by atoms with Gasteiger partial charge in [-0.05, 0) is 55.4 Å². The number of aliphatic hydroxyl groups is 1. The number of piperidine rings is 1. The quantitative estimate of drug-likeness (QED) is 0.785. The van der Waals surface area contributed by atoms with Crippen LogP contribution in [-0.4, -0.2) is 38.0 Å². The SMILES string of the molecule is COC1=C(OC)CC=C2C(=C1)CCNC2C1CCCCC(O)C1. The first-order chi connectivity index (χ1) is 11.2. The van der Waals surface area contributed by atoms with Gasteiger partial charge in [0.25, 0.3) is 0 Å². The summed E-state index contributed by atoms with van der Waals surface area (Å²) >= 11 is 0. The molecule has 2 fully saturated rings. The van der Waals surface area contributed by atoms with Gasteiger partial charge in [0, 0.05) is 12.5 Å². The van der Waals surface area contributed by atoms with Crippen LogP contribution < -0.4 is 5.32 Å². The van der Waals surface area contributed by atoms with Crippen LogP contribution in [0.1, 0.15) is 44.9 Å². The Morgan fingerprint density at radius 1 is 1.17 bits per heavy atom. The minimum absolute atomic E-state index is 0.146. The van der Waals surface area contributed by atoms with Crippen molar-refractivity contribution in [2.45, 2.75) is 57.1 Å². The fourth-order valence-electron chi connectivity index (χ4n) is 4.22. The number of fused-ring (bicyclic) bond motifs is 1. The summed E-state index contributed by atoms with van der Waals surface area (Å²) in [6.45, 7) is 0.986. The lowest BCUT2D eigenvalue weighted by molar-refractivity contribution is 0.134. The van der Waals surface area contributed by atoms with E-state index in [9.17, 15) is 5.11 Å². The Balaban J connectivity index is 1.86. The molecule has 3 rings (SSSR count). The first-order valence-corrected chi connectivity index (χ1v) is 8.86. The van der Waals surface area contributed by atoms with Crippen LogP contribution in [-0.2, 0) is 9.47 Å². The summed E-state index contributed by atoms with van der Waals surface area (Å²) in [5, 5.41) is 13.9. The van der Waals surface area contributed by atoms with Crippen LogP contribution in [0.5, 0.6) is 0 Å². The molecule has 0 bridgehead atoms. The Hall–Kier alpha value is -1.26. The zero-order valence-electron chi connectivity index (χ0n) is 14.3. The molecule has 0 amide bonds. The molecule has 1 aliphatic heterocycles. The summed E-state index contributed by atoms with van der Waals surface area (Å²) in [6, 6.07) is 0.345. The van der Waals surface area contributed by atoms with Crippen LogP contribution >= 0.6 is 0 Å². The van der Waals surface area contributed by atoms with Crippen molar-refractivity contribution < 1.29 is 14.6 Å². The zero-order chi connectivity index (χ0) is 16.2. The summed E-state index contributed by atoms with van der Waals surface area (Å²) in [5.74, 6) is 2.24. The van der Waals surface area contributed by atoms with Crippen molar-refractivity contribution in [3.8, 4) is 0 Å². The van der Waals surface area contributed by atoms with Gasteiger partial charge in [-0.25, -0.2) is 0 Å². The molecule has 23 heavy (non-hydrogen) atoms. The molecule has 4 heteroatoms. The van der Waals surface area contributed by atoms with Crippen LogP contribution in [0.2, 0.25) is 0 Å². The Kier molecular flexibility index (Phi) is 5.44. The molecule has 1 heterocycles. The third kappa shape index (κ3) is 3.64. The van der Waals surface area contributed by atoms with Crippen molar-refractivity contribution in [1.29, 1.82) is 0 Å². The lowest BCUT2D eigenvalue weighted by Gasteiger charge is -2.35. The summed E-state index contributed by atoms with van der Waals surface area (Å²) < 4.78 is 11.0. The maximum Gasteiger partial charge on any atom is 0.157 e. The number of aliphatic hydroxyl groups excluding tert-OH is 1. The number of ether oxygens (including phenoxy) is 2. The number of allylic oxidation sites excluding steroid dienone is 2. The molecule has 3 atom stereocenters. The monoisotopic (exact) mass is 319 g/mol. The molecule has 128 valence electrons. The van der Waals surface area contributed by atoms with Crippen molar-refractivity contribution in [2.24, 2.45) is 5.92 Å². The maximum absolute atomic E-state index is 10.2. The average molecular weight is 319 g/mol. The van der Waals surface area contributed by atoms with E-state index in [1.165, 1.54) is 24.0 Å². The summed E-state index contributed by atoms with van der Waals surface area (Å²) in [4.78, 5) is 0. The van der Waals surface area contributed by atoms with Crippen LogP contribution in [0.15, 0.2) is 34.8 Å². The minimum Gasteiger partial charge on any atom is -0.497 e. The molecule has 4 nitrogen and oxygen atoms in total. The Morgan fingerprint density at radius 2 is 2.00 bits per heavy atom. The lowest BCUT2D eigenvalue weighted by Crippen LogP contribution is -2.43. The highest BCUT2D eigenvalue weighted by Crippen LogP contribution is 2.36. The summed E-state index contributed by atoms with van der Waals surface area (Å²) in [5.41, 5.74) is 2.74. The number of methoxy groups -OCH3 is 2. The van der Waals surface area contributed by atoms with Gasteiger partial charge in [-0.3, -0.25) is 0 Å². The minimum atomic E-state index is -0.146.